The van der Waals surface area contributed by atoms with Gasteiger partial charge in [0.05, 0.1) is 6.10 Å². The van der Waals surface area contributed by atoms with Crippen molar-refractivity contribution in [1.29, 1.82) is 0 Å². The van der Waals surface area contributed by atoms with Crippen molar-refractivity contribution in [2.75, 3.05) is 31.1 Å². The third-order valence-corrected chi connectivity index (χ3v) is 5.52. The lowest BCUT2D eigenvalue weighted by Crippen LogP contribution is -2.46. The fraction of sp³-hybridized carbons (Fsp3) is 0.500. The Hall–Kier alpha value is -1.92. The van der Waals surface area contributed by atoms with Crippen LogP contribution in [-0.4, -0.2) is 48.1 Å². The minimum atomic E-state index is -0.280. The van der Waals surface area contributed by atoms with Gasteiger partial charge in [0.2, 0.25) is 0 Å². The molecule has 26 heavy (non-hydrogen) atoms. The molecule has 0 spiro atoms. The minimum Gasteiger partial charge on any atom is -0.459 e. The predicted octanol–water partition coefficient (Wildman–Crippen LogP) is 3.65. The maximum atomic E-state index is 12.5. The van der Waals surface area contributed by atoms with Crippen LogP contribution in [0.1, 0.15) is 39.5 Å². The molecule has 2 aromatic heterocycles. The van der Waals surface area contributed by atoms with Gasteiger partial charge in [-0.15, -0.1) is 11.3 Å². The molecule has 0 radical (unpaired) electrons. The second-order valence-corrected chi connectivity index (χ2v) is 8.43. The van der Waals surface area contributed by atoms with E-state index in [9.17, 15) is 4.79 Å². The van der Waals surface area contributed by atoms with Gasteiger partial charge < -0.3 is 9.64 Å². The Morgan fingerprint density at radius 3 is 2.54 bits per heavy atom. The largest absolute Gasteiger partial charge is 0.459 e. The van der Waals surface area contributed by atoms with Gasteiger partial charge in [0.15, 0.2) is 0 Å². The van der Waals surface area contributed by atoms with Gasteiger partial charge in [-0.1, -0.05) is 0 Å². The summed E-state index contributed by atoms with van der Waals surface area (Å²) in [6.07, 6.45) is 1.64. The molecule has 1 aliphatic heterocycles. The highest BCUT2D eigenvalue weighted by Crippen LogP contribution is 2.25. The quantitative estimate of drug-likeness (QED) is 0.749. The van der Waals surface area contributed by atoms with Crippen LogP contribution in [0.25, 0.3) is 0 Å². The van der Waals surface area contributed by atoms with E-state index >= 15 is 0 Å². The molecule has 0 amide bonds. The SMILES string of the molecule is Cc1ccc(CN2CCN(c3nccc(C)c3C(=O)OC(C)C)CC2)s1. The van der Waals surface area contributed by atoms with Gasteiger partial charge in [0.25, 0.3) is 0 Å². The van der Waals surface area contributed by atoms with Crippen molar-refractivity contribution in [2.24, 2.45) is 0 Å². The number of ether oxygens (including phenoxy) is 1. The lowest BCUT2D eigenvalue weighted by molar-refractivity contribution is 0.0377. The fourth-order valence-corrected chi connectivity index (χ4v) is 4.15. The van der Waals surface area contributed by atoms with Crippen LogP contribution in [0.4, 0.5) is 5.82 Å². The summed E-state index contributed by atoms with van der Waals surface area (Å²) in [6, 6.07) is 6.27. The summed E-state index contributed by atoms with van der Waals surface area (Å²) in [5.74, 6) is 0.472. The van der Waals surface area contributed by atoms with E-state index in [1.54, 1.807) is 6.20 Å². The lowest BCUT2D eigenvalue weighted by atomic mass is 10.1. The Morgan fingerprint density at radius 2 is 1.92 bits per heavy atom. The lowest BCUT2D eigenvalue weighted by Gasteiger charge is -2.36. The number of esters is 1. The van der Waals surface area contributed by atoms with Crippen LogP contribution in [0.3, 0.4) is 0 Å². The van der Waals surface area contributed by atoms with E-state index in [4.69, 9.17) is 4.74 Å². The number of anilines is 1. The average Bonchev–Trinajstić information content (AvgIpc) is 2.99. The first-order chi connectivity index (χ1) is 12.4. The summed E-state index contributed by atoms with van der Waals surface area (Å²) in [5, 5.41) is 0. The van der Waals surface area contributed by atoms with E-state index in [-0.39, 0.29) is 12.1 Å². The molecule has 6 heteroatoms. The summed E-state index contributed by atoms with van der Waals surface area (Å²) >= 11 is 1.86. The normalized spacial score (nSPS) is 15.5. The van der Waals surface area contributed by atoms with Crippen LogP contribution in [-0.2, 0) is 11.3 Å². The monoisotopic (exact) mass is 373 g/mol. The van der Waals surface area contributed by atoms with Gasteiger partial charge in [-0.25, -0.2) is 9.78 Å². The van der Waals surface area contributed by atoms with Gasteiger partial charge in [0, 0.05) is 48.7 Å². The molecule has 0 saturated carbocycles. The van der Waals surface area contributed by atoms with E-state index in [2.05, 4.69) is 33.8 Å². The van der Waals surface area contributed by atoms with Gasteiger partial charge in [-0.2, -0.15) is 0 Å². The first-order valence-electron chi connectivity index (χ1n) is 9.13. The molecule has 0 aromatic carbocycles. The molecule has 1 saturated heterocycles. The second-order valence-electron chi connectivity index (χ2n) is 7.06. The third-order valence-electron chi connectivity index (χ3n) is 4.53. The molecule has 3 heterocycles. The zero-order chi connectivity index (χ0) is 18.7. The number of hydrogen-bond acceptors (Lipinski definition) is 6. The number of piperazine rings is 1. The molecule has 0 aliphatic carbocycles. The van der Waals surface area contributed by atoms with E-state index < -0.39 is 0 Å². The third kappa shape index (κ3) is 4.43. The second kappa shape index (κ2) is 8.18. The van der Waals surface area contributed by atoms with Crippen LogP contribution in [0, 0.1) is 13.8 Å². The van der Waals surface area contributed by atoms with E-state index in [1.165, 1.54) is 9.75 Å². The van der Waals surface area contributed by atoms with Crippen LogP contribution in [0.15, 0.2) is 24.4 Å². The minimum absolute atomic E-state index is 0.138. The topological polar surface area (TPSA) is 45.7 Å². The number of aromatic nitrogens is 1. The number of thiophene rings is 1. The average molecular weight is 374 g/mol. The highest BCUT2D eigenvalue weighted by Gasteiger charge is 2.25. The molecule has 0 unspecified atom stereocenters. The summed E-state index contributed by atoms with van der Waals surface area (Å²) in [7, 11) is 0. The van der Waals surface area contributed by atoms with Crippen molar-refractivity contribution in [1.82, 2.24) is 9.88 Å². The number of hydrogen-bond donors (Lipinski definition) is 0. The van der Waals surface area contributed by atoms with Crippen LogP contribution in [0.5, 0.6) is 0 Å². The summed E-state index contributed by atoms with van der Waals surface area (Å²) in [5.41, 5.74) is 1.51. The molecular weight excluding hydrogens is 346 g/mol. The smallest absolute Gasteiger partial charge is 0.342 e. The molecule has 140 valence electrons. The van der Waals surface area contributed by atoms with Crippen LogP contribution in [0.2, 0.25) is 0 Å². The predicted molar refractivity (Wildman–Crippen MR) is 106 cm³/mol. The van der Waals surface area contributed by atoms with Crippen LogP contribution >= 0.6 is 11.3 Å². The summed E-state index contributed by atoms with van der Waals surface area (Å²) < 4.78 is 5.44. The first-order valence-corrected chi connectivity index (χ1v) is 9.95. The van der Waals surface area contributed by atoms with Gasteiger partial charge in [0.1, 0.15) is 11.4 Å². The molecule has 5 nitrogen and oxygen atoms in total. The van der Waals surface area contributed by atoms with Crippen molar-refractivity contribution >= 4 is 23.1 Å². The molecule has 0 bridgehead atoms. The maximum absolute atomic E-state index is 12.5. The highest BCUT2D eigenvalue weighted by atomic mass is 32.1. The first kappa shape index (κ1) is 18.9. The number of carbonyl (C=O) groups is 1. The molecule has 3 rings (SSSR count). The summed E-state index contributed by atoms with van der Waals surface area (Å²) in [4.78, 5) is 24.5. The molecule has 1 fully saturated rings. The molecule has 0 atom stereocenters. The van der Waals surface area contributed by atoms with Gasteiger partial charge in [-0.3, -0.25) is 4.90 Å². The molecule has 1 aliphatic rings. The molecule has 2 aromatic rings. The van der Waals surface area contributed by atoms with Crippen molar-refractivity contribution in [3.05, 3.63) is 45.3 Å². The van der Waals surface area contributed by atoms with Gasteiger partial charge in [-0.05, 0) is 51.5 Å². The molecular formula is C20H27N3O2S. The zero-order valence-electron chi connectivity index (χ0n) is 16.0. The standard InChI is InChI=1S/C20H27N3O2S/c1-14(2)25-20(24)18-15(3)7-8-21-19(18)23-11-9-22(10-12-23)13-17-6-5-16(4)26-17/h5-8,14H,9-13H2,1-4H3. The van der Waals surface area contributed by atoms with E-state index in [1.807, 2.05) is 38.2 Å². The number of carbonyl (C=O) groups excluding carboxylic acids is 1. The van der Waals surface area contributed by atoms with Crippen molar-refractivity contribution in [2.45, 2.75) is 40.3 Å². The number of rotatable bonds is 5. The number of nitrogens with zero attached hydrogens (tertiary/aromatic N) is 3. The Bertz CT molecular complexity index is 764. The van der Waals surface area contributed by atoms with E-state index in [0.717, 1.165) is 44.1 Å². The zero-order valence-corrected chi connectivity index (χ0v) is 16.8. The molecule has 0 N–H and O–H groups in total. The Labute approximate surface area is 159 Å². The van der Waals surface area contributed by atoms with Crippen molar-refractivity contribution in [3.63, 3.8) is 0 Å². The fourth-order valence-electron chi connectivity index (χ4n) is 3.22. The number of aryl methyl sites for hydroxylation is 2. The Balaban J connectivity index is 1.69. The van der Waals surface area contributed by atoms with Crippen molar-refractivity contribution < 1.29 is 9.53 Å². The van der Waals surface area contributed by atoms with Crippen LogP contribution < -0.4 is 4.90 Å². The Morgan fingerprint density at radius 1 is 1.19 bits per heavy atom. The van der Waals surface area contributed by atoms with Gasteiger partial charge >= 0.3 is 5.97 Å². The highest BCUT2D eigenvalue weighted by molar-refractivity contribution is 7.11. The van der Waals surface area contributed by atoms with Crippen molar-refractivity contribution in [3.8, 4) is 0 Å². The van der Waals surface area contributed by atoms with E-state index in [0.29, 0.717) is 5.56 Å². The Kier molecular flexibility index (Phi) is 5.94. The maximum Gasteiger partial charge on any atom is 0.342 e. The summed E-state index contributed by atoms with van der Waals surface area (Å²) in [6.45, 7) is 12.5. The number of pyridine rings is 1.